The van der Waals surface area contributed by atoms with Crippen molar-refractivity contribution in [2.75, 3.05) is 6.54 Å². The molecule has 0 unspecified atom stereocenters. The Hall–Kier alpha value is -1.56. The van der Waals surface area contributed by atoms with Gasteiger partial charge in [-0.2, -0.15) is 13.2 Å². The van der Waals surface area contributed by atoms with E-state index in [9.17, 15) is 23.1 Å². The molecule has 1 saturated heterocycles. The predicted molar refractivity (Wildman–Crippen MR) is 71.7 cm³/mol. The topological polar surface area (TPSA) is 40.5 Å². The molecule has 3 nitrogen and oxygen atoms in total. The van der Waals surface area contributed by atoms with E-state index in [1.165, 1.54) is 12.1 Å². The summed E-state index contributed by atoms with van der Waals surface area (Å²) >= 11 is 0. The number of aliphatic carboxylic acids is 1. The van der Waals surface area contributed by atoms with Gasteiger partial charge in [0.25, 0.3) is 0 Å². The Balaban J connectivity index is 2.15. The molecule has 21 heavy (non-hydrogen) atoms. The van der Waals surface area contributed by atoms with Crippen LogP contribution in [0.2, 0.25) is 0 Å². The monoisotopic (exact) mass is 301 g/mol. The lowest BCUT2D eigenvalue weighted by molar-refractivity contribution is -0.153. The molecule has 1 aliphatic heterocycles. The molecule has 6 heteroatoms. The van der Waals surface area contributed by atoms with Gasteiger partial charge in [0.2, 0.25) is 0 Å². The fourth-order valence-electron chi connectivity index (χ4n) is 2.69. The van der Waals surface area contributed by atoms with Gasteiger partial charge in [-0.25, -0.2) is 0 Å². The molecule has 0 aromatic heterocycles. The first kappa shape index (κ1) is 15.8. The number of rotatable bonds is 3. The summed E-state index contributed by atoms with van der Waals surface area (Å²) in [7, 11) is 0. The van der Waals surface area contributed by atoms with E-state index < -0.39 is 23.2 Å². The number of carbonyl (C=O) groups is 1. The van der Waals surface area contributed by atoms with Gasteiger partial charge in [0.1, 0.15) is 5.54 Å². The Labute approximate surface area is 121 Å². The van der Waals surface area contributed by atoms with E-state index in [1.807, 2.05) is 4.90 Å². The van der Waals surface area contributed by atoms with Crippen LogP contribution in [0.15, 0.2) is 24.3 Å². The van der Waals surface area contributed by atoms with Crippen LogP contribution in [-0.4, -0.2) is 28.1 Å². The normalized spacial score (nSPS) is 24.0. The lowest BCUT2D eigenvalue weighted by Gasteiger charge is -2.41. The summed E-state index contributed by atoms with van der Waals surface area (Å²) in [6.45, 7) is 2.67. The van der Waals surface area contributed by atoms with Crippen LogP contribution < -0.4 is 0 Å². The van der Waals surface area contributed by atoms with Crippen LogP contribution in [0.3, 0.4) is 0 Å². The van der Waals surface area contributed by atoms with Crippen LogP contribution in [0, 0.1) is 0 Å². The number of carboxylic acids is 1. The van der Waals surface area contributed by atoms with Crippen molar-refractivity contribution in [1.29, 1.82) is 0 Å². The van der Waals surface area contributed by atoms with Gasteiger partial charge in [-0.15, -0.1) is 0 Å². The highest BCUT2D eigenvalue weighted by Crippen LogP contribution is 2.32. The van der Waals surface area contributed by atoms with Crippen LogP contribution >= 0.6 is 0 Å². The predicted octanol–water partition coefficient (Wildman–Crippen LogP) is 3.53. The Morgan fingerprint density at radius 3 is 2.43 bits per heavy atom. The van der Waals surface area contributed by atoms with Gasteiger partial charge < -0.3 is 5.11 Å². The molecule has 1 N–H and O–H groups in total. The molecule has 1 fully saturated rings. The zero-order chi connectivity index (χ0) is 15.7. The van der Waals surface area contributed by atoms with E-state index in [-0.39, 0.29) is 0 Å². The molecule has 0 spiro atoms. The maximum atomic E-state index is 12.5. The zero-order valence-electron chi connectivity index (χ0n) is 11.8. The largest absolute Gasteiger partial charge is 0.480 e. The summed E-state index contributed by atoms with van der Waals surface area (Å²) in [5.74, 6) is -0.880. The Morgan fingerprint density at radius 2 is 1.90 bits per heavy atom. The van der Waals surface area contributed by atoms with Gasteiger partial charge in [0.05, 0.1) is 5.56 Å². The van der Waals surface area contributed by atoms with Crippen LogP contribution in [0.1, 0.15) is 37.3 Å². The van der Waals surface area contributed by atoms with E-state index in [2.05, 4.69) is 0 Å². The third-order valence-corrected chi connectivity index (χ3v) is 4.15. The van der Waals surface area contributed by atoms with E-state index >= 15 is 0 Å². The molecule has 2 rings (SSSR count). The number of carboxylic acid groups (broad SMARTS) is 1. The highest BCUT2D eigenvalue weighted by Gasteiger charge is 2.41. The van der Waals surface area contributed by atoms with Gasteiger partial charge in [0.15, 0.2) is 0 Å². The molecular formula is C15H18F3NO2. The van der Waals surface area contributed by atoms with Gasteiger partial charge in [-0.05, 0) is 50.4 Å². The van der Waals surface area contributed by atoms with Gasteiger partial charge in [-0.1, -0.05) is 12.1 Å². The van der Waals surface area contributed by atoms with E-state index in [0.29, 0.717) is 25.1 Å². The molecule has 0 amide bonds. The van der Waals surface area contributed by atoms with Crippen LogP contribution in [0.5, 0.6) is 0 Å². The Kier molecular flexibility index (Phi) is 4.27. The van der Waals surface area contributed by atoms with Gasteiger partial charge in [0, 0.05) is 6.54 Å². The summed E-state index contributed by atoms with van der Waals surface area (Å²) in [4.78, 5) is 13.3. The number of piperidine rings is 1. The number of hydrogen-bond acceptors (Lipinski definition) is 2. The molecule has 1 aromatic carbocycles. The minimum atomic E-state index is -4.35. The van der Waals surface area contributed by atoms with Crippen molar-refractivity contribution in [3.63, 3.8) is 0 Å². The number of halogens is 3. The van der Waals surface area contributed by atoms with Crippen LogP contribution in [0.4, 0.5) is 13.2 Å². The van der Waals surface area contributed by atoms with Crippen molar-refractivity contribution in [2.24, 2.45) is 0 Å². The van der Waals surface area contributed by atoms with Crippen LogP contribution in [0.25, 0.3) is 0 Å². The van der Waals surface area contributed by atoms with Crippen molar-refractivity contribution < 1.29 is 23.1 Å². The van der Waals surface area contributed by atoms with Gasteiger partial charge in [-0.3, -0.25) is 9.69 Å². The Morgan fingerprint density at radius 1 is 1.29 bits per heavy atom. The number of alkyl halides is 3. The van der Waals surface area contributed by atoms with Crippen molar-refractivity contribution >= 4 is 5.97 Å². The average Bonchev–Trinajstić information content (AvgIpc) is 2.41. The molecule has 0 radical (unpaired) electrons. The smallest absolute Gasteiger partial charge is 0.416 e. The molecule has 0 saturated carbocycles. The molecular weight excluding hydrogens is 283 g/mol. The first-order valence-corrected chi connectivity index (χ1v) is 6.88. The first-order chi connectivity index (χ1) is 9.73. The second kappa shape index (κ2) is 5.67. The number of benzene rings is 1. The summed E-state index contributed by atoms with van der Waals surface area (Å²) in [6.07, 6.45) is -2.03. The SMILES string of the molecule is C[C@]1(C(=O)O)CCCCN1Cc1ccc(C(F)(F)F)cc1. The maximum absolute atomic E-state index is 12.5. The third-order valence-electron chi connectivity index (χ3n) is 4.15. The average molecular weight is 301 g/mol. The fourth-order valence-corrected chi connectivity index (χ4v) is 2.69. The Bertz CT molecular complexity index is 513. The number of nitrogens with zero attached hydrogens (tertiary/aromatic N) is 1. The van der Waals surface area contributed by atoms with Crippen molar-refractivity contribution in [3.05, 3.63) is 35.4 Å². The molecule has 1 aliphatic rings. The second-order valence-electron chi connectivity index (χ2n) is 5.65. The third kappa shape index (κ3) is 3.37. The molecule has 1 atom stereocenters. The summed E-state index contributed by atoms with van der Waals surface area (Å²) in [5, 5.41) is 9.41. The number of hydrogen-bond donors (Lipinski definition) is 1. The standard InChI is InChI=1S/C15H18F3NO2/c1-14(13(20)21)8-2-3-9-19(14)10-11-4-6-12(7-5-11)15(16,17)18/h4-7H,2-3,8-10H2,1H3,(H,20,21)/t14-/m1/s1. The van der Waals surface area contributed by atoms with E-state index in [1.54, 1.807) is 6.92 Å². The highest BCUT2D eigenvalue weighted by molar-refractivity contribution is 5.78. The van der Waals surface area contributed by atoms with Crippen molar-refractivity contribution in [3.8, 4) is 0 Å². The minimum Gasteiger partial charge on any atom is -0.480 e. The van der Waals surface area contributed by atoms with Crippen LogP contribution in [-0.2, 0) is 17.5 Å². The van der Waals surface area contributed by atoms with E-state index in [0.717, 1.165) is 25.0 Å². The zero-order valence-corrected chi connectivity index (χ0v) is 11.8. The molecule has 116 valence electrons. The number of likely N-dealkylation sites (tertiary alicyclic amines) is 1. The lowest BCUT2D eigenvalue weighted by Crippen LogP contribution is -2.54. The van der Waals surface area contributed by atoms with Gasteiger partial charge >= 0.3 is 12.1 Å². The fraction of sp³-hybridized carbons (Fsp3) is 0.533. The second-order valence-corrected chi connectivity index (χ2v) is 5.65. The molecule has 1 aromatic rings. The van der Waals surface area contributed by atoms with Crippen molar-refractivity contribution in [2.45, 2.75) is 44.4 Å². The molecule has 1 heterocycles. The maximum Gasteiger partial charge on any atom is 0.416 e. The first-order valence-electron chi connectivity index (χ1n) is 6.88. The van der Waals surface area contributed by atoms with Crippen molar-refractivity contribution in [1.82, 2.24) is 4.90 Å². The minimum absolute atomic E-state index is 0.348. The molecule has 0 aliphatic carbocycles. The quantitative estimate of drug-likeness (QED) is 0.928. The summed E-state index contributed by atoms with van der Waals surface area (Å²) in [6, 6.07) is 4.91. The van der Waals surface area contributed by atoms with E-state index in [4.69, 9.17) is 0 Å². The summed E-state index contributed by atoms with van der Waals surface area (Å²) in [5.41, 5.74) is -0.940. The summed E-state index contributed by atoms with van der Waals surface area (Å²) < 4.78 is 37.6. The molecule has 0 bridgehead atoms. The lowest BCUT2D eigenvalue weighted by atomic mass is 9.88. The highest BCUT2D eigenvalue weighted by atomic mass is 19.4.